The lowest BCUT2D eigenvalue weighted by Crippen LogP contribution is -2.49. The molecule has 5 heteroatoms. The van der Waals surface area contributed by atoms with Gasteiger partial charge in [-0.2, -0.15) is 0 Å². The van der Waals surface area contributed by atoms with Gasteiger partial charge in [0.05, 0.1) is 5.69 Å². The van der Waals surface area contributed by atoms with Gasteiger partial charge in [0.2, 0.25) is 5.91 Å². The zero-order valence-corrected chi connectivity index (χ0v) is 12.1. The van der Waals surface area contributed by atoms with Crippen LogP contribution in [0.5, 0.6) is 0 Å². The highest BCUT2D eigenvalue weighted by atomic mass is 16.5. The van der Waals surface area contributed by atoms with Gasteiger partial charge in [-0.3, -0.25) is 9.69 Å². The van der Waals surface area contributed by atoms with Gasteiger partial charge >= 0.3 is 0 Å². The Bertz CT molecular complexity index is 467. The molecule has 1 atom stereocenters. The Morgan fingerprint density at radius 2 is 2.30 bits per heavy atom. The summed E-state index contributed by atoms with van der Waals surface area (Å²) in [6, 6.07) is 2.28. The second-order valence-corrected chi connectivity index (χ2v) is 6.14. The second kappa shape index (κ2) is 5.95. The van der Waals surface area contributed by atoms with Gasteiger partial charge in [0.25, 0.3) is 0 Å². The first-order chi connectivity index (χ1) is 9.70. The van der Waals surface area contributed by atoms with Gasteiger partial charge in [-0.1, -0.05) is 11.6 Å². The molecule has 0 radical (unpaired) electrons. The Morgan fingerprint density at radius 3 is 2.95 bits per heavy atom. The van der Waals surface area contributed by atoms with Crippen molar-refractivity contribution in [3.63, 3.8) is 0 Å². The lowest BCUT2D eigenvalue weighted by molar-refractivity contribution is -0.128. The van der Waals surface area contributed by atoms with Gasteiger partial charge in [0.1, 0.15) is 5.76 Å². The number of likely N-dealkylation sites (tertiary alicyclic amines) is 1. The maximum Gasteiger partial charge on any atom is 0.223 e. The fourth-order valence-electron chi connectivity index (χ4n) is 3.03. The average Bonchev–Trinajstić information content (AvgIpc) is 2.72. The average molecular weight is 277 g/mol. The van der Waals surface area contributed by atoms with Crippen LogP contribution in [0.3, 0.4) is 0 Å². The number of nitrogens with zero attached hydrogens (tertiary/aromatic N) is 2. The molecule has 1 N–H and O–H groups in total. The van der Waals surface area contributed by atoms with E-state index in [0.29, 0.717) is 6.04 Å². The third-order valence-corrected chi connectivity index (χ3v) is 4.39. The predicted molar refractivity (Wildman–Crippen MR) is 75.0 cm³/mol. The first-order valence-electron chi connectivity index (χ1n) is 7.65. The van der Waals surface area contributed by atoms with Crippen LogP contribution in [0.25, 0.3) is 0 Å². The first-order valence-corrected chi connectivity index (χ1v) is 7.65. The zero-order chi connectivity index (χ0) is 13.9. The van der Waals surface area contributed by atoms with Gasteiger partial charge in [-0.05, 0) is 39.2 Å². The van der Waals surface area contributed by atoms with E-state index >= 15 is 0 Å². The molecule has 3 rings (SSSR count). The van der Waals surface area contributed by atoms with E-state index < -0.39 is 0 Å². The molecule has 5 nitrogen and oxygen atoms in total. The maximum absolute atomic E-state index is 12.0. The van der Waals surface area contributed by atoms with Crippen molar-refractivity contribution in [1.82, 2.24) is 15.4 Å². The lowest BCUT2D eigenvalue weighted by atomic mass is 9.84. The summed E-state index contributed by atoms with van der Waals surface area (Å²) in [6.07, 6.45) is 5.57. The smallest absolute Gasteiger partial charge is 0.223 e. The van der Waals surface area contributed by atoms with Crippen molar-refractivity contribution in [3.8, 4) is 0 Å². The molecule has 20 heavy (non-hydrogen) atoms. The van der Waals surface area contributed by atoms with Crippen molar-refractivity contribution in [2.45, 2.75) is 51.6 Å². The molecule has 0 spiro atoms. The third-order valence-electron chi connectivity index (χ3n) is 4.39. The summed E-state index contributed by atoms with van der Waals surface area (Å²) in [5, 5.41) is 7.26. The van der Waals surface area contributed by atoms with Crippen molar-refractivity contribution in [1.29, 1.82) is 0 Å². The molecule has 1 unspecified atom stereocenters. The Labute approximate surface area is 119 Å². The molecule has 1 aromatic rings. The predicted octanol–water partition coefficient (Wildman–Crippen LogP) is 1.86. The molecular weight excluding hydrogens is 254 g/mol. The van der Waals surface area contributed by atoms with Gasteiger partial charge in [0.15, 0.2) is 0 Å². The number of amides is 1. The highest BCUT2D eigenvalue weighted by Gasteiger charge is 2.28. The number of carbonyl (C=O) groups is 1. The quantitative estimate of drug-likeness (QED) is 0.912. The van der Waals surface area contributed by atoms with Crippen molar-refractivity contribution in [2.24, 2.45) is 5.92 Å². The largest absolute Gasteiger partial charge is 0.361 e. The molecule has 0 aromatic carbocycles. The fourth-order valence-corrected chi connectivity index (χ4v) is 3.03. The maximum atomic E-state index is 12.0. The normalized spacial score (nSPS) is 24.4. The number of piperidine rings is 1. The van der Waals surface area contributed by atoms with E-state index in [4.69, 9.17) is 4.52 Å². The summed E-state index contributed by atoms with van der Waals surface area (Å²) >= 11 is 0. The molecule has 110 valence electrons. The number of nitrogens with one attached hydrogen (secondary N) is 1. The standard InChI is InChI=1S/C15H23N3O2/c1-11-8-14(17-20-11)10-18-7-3-6-13(9-18)16-15(19)12-4-2-5-12/h8,12-13H,2-7,9-10H2,1H3,(H,16,19). The molecule has 0 bridgehead atoms. The topological polar surface area (TPSA) is 58.4 Å². The number of hydrogen-bond donors (Lipinski definition) is 1. The molecule has 1 aliphatic carbocycles. The van der Waals surface area contributed by atoms with E-state index in [1.54, 1.807) is 0 Å². The van der Waals surface area contributed by atoms with Crippen molar-refractivity contribution < 1.29 is 9.32 Å². The van der Waals surface area contributed by atoms with Crippen LogP contribution >= 0.6 is 0 Å². The van der Waals surface area contributed by atoms with E-state index in [2.05, 4.69) is 15.4 Å². The van der Waals surface area contributed by atoms with Crippen LogP contribution in [-0.2, 0) is 11.3 Å². The highest BCUT2D eigenvalue weighted by Crippen LogP contribution is 2.26. The fraction of sp³-hybridized carbons (Fsp3) is 0.733. The minimum Gasteiger partial charge on any atom is -0.361 e. The van der Waals surface area contributed by atoms with Crippen molar-refractivity contribution in [3.05, 3.63) is 17.5 Å². The Hall–Kier alpha value is -1.36. The SMILES string of the molecule is Cc1cc(CN2CCCC(NC(=O)C3CCC3)C2)no1. The van der Waals surface area contributed by atoms with Crippen LogP contribution in [-0.4, -0.2) is 35.1 Å². The zero-order valence-electron chi connectivity index (χ0n) is 12.1. The molecule has 1 aromatic heterocycles. The van der Waals surface area contributed by atoms with E-state index in [-0.39, 0.29) is 11.8 Å². The molecule has 2 heterocycles. The lowest BCUT2D eigenvalue weighted by Gasteiger charge is -2.34. The number of aromatic nitrogens is 1. The van der Waals surface area contributed by atoms with Crippen LogP contribution in [0.2, 0.25) is 0 Å². The summed E-state index contributed by atoms with van der Waals surface area (Å²) in [5.41, 5.74) is 0.980. The molecule has 2 aliphatic rings. The van der Waals surface area contributed by atoms with Crippen LogP contribution < -0.4 is 5.32 Å². The molecule has 1 aliphatic heterocycles. The Kier molecular flexibility index (Phi) is 4.05. The molecule has 1 amide bonds. The second-order valence-electron chi connectivity index (χ2n) is 6.14. The van der Waals surface area contributed by atoms with Gasteiger partial charge in [-0.15, -0.1) is 0 Å². The first kappa shape index (κ1) is 13.6. The van der Waals surface area contributed by atoms with Crippen LogP contribution in [0.4, 0.5) is 0 Å². The number of carbonyl (C=O) groups excluding carboxylic acids is 1. The van der Waals surface area contributed by atoms with E-state index in [1.807, 2.05) is 13.0 Å². The molecular formula is C15H23N3O2. The van der Waals surface area contributed by atoms with Crippen LogP contribution in [0, 0.1) is 12.8 Å². The Balaban J connectivity index is 1.49. The number of rotatable bonds is 4. The van der Waals surface area contributed by atoms with Crippen molar-refractivity contribution >= 4 is 5.91 Å². The summed E-state index contributed by atoms with van der Waals surface area (Å²) < 4.78 is 5.10. The van der Waals surface area contributed by atoms with Crippen molar-refractivity contribution in [2.75, 3.05) is 13.1 Å². The number of aryl methyl sites for hydroxylation is 1. The van der Waals surface area contributed by atoms with Crippen LogP contribution in [0.15, 0.2) is 10.6 Å². The molecule has 1 saturated carbocycles. The molecule has 1 saturated heterocycles. The highest BCUT2D eigenvalue weighted by molar-refractivity contribution is 5.79. The van der Waals surface area contributed by atoms with E-state index in [1.165, 1.54) is 6.42 Å². The monoisotopic (exact) mass is 277 g/mol. The summed E-state index contributed by atoms with van der Waals surface area (Å²) in [5.74, 6) is 1.40. The van der Waals surface area contributed by atoms with Crippen LogP contribution in [0.1, 0.15) is 43.6 Å². The summed E-state index contributed by atoms with van der Waals surface area (Å²) in [6.45, 7) is 4.72. The summed E-state index contributed by atoms with van der Waals surface area (Å²) in [4.78, 5) is 14.4. The third kappa shape index (κ3) is 3.20. The summed E-state index contributed by atoms with van der Waals surface area (Å²) in [7, 11) is 0. The van der Waals surface area contributed by atoms with Gasteiger partial charge in [0, 0.05) is 31.1 Å². The van der Waals surface area contributed by atoms with E-state index in [9.17, 15) is 4.79 Å². The minimum absolute atomic E-state index is 0.264. The van der Waals surface area contributed by atoms with Gasteiger partial charge < -0.3 is 9.84 Å². The minimum atomic E-state index is 0.264. The Morgan fingerprint density at radius 1 is 1.45 bits per heavy atom. The molecule has 2 fully saturated rings. The van der Waals surface area contributed by atoms with Gasteiger partial charge in [-0.25, -0.2) is 0 Å². The number of hydrogen-bond acceptors (Lipinski definition) is 4. The van der Waals surface area contributed by atoms with E-state index in [0.717, 1.165) is 56.8 Å².